The molecule has 13 heavy (non-hydrogen) atoms. The van der Waals surface area contributed by atoms with Gasteiger partial charge in [0.05, 0.1) is 5.69 Å². The van der Waals surface area contributed by atoms with Gasteiger partial charge < -0.3 is 0 Å². The summed E-state index contributed by atoms with van der Waals surface area (Å²) in [5.74, 6) is 0.219. The van der Waals surface area contributed by atoms with Crippen molar-refractivity contribution in [1.29, 1.82) is 0 Å². The Labute approximate surface area is 75.0 Å². The van der Waals surface area contributed by atoms with Crippen molar-refractivity contribution in [3.8, 4) is 0 Å². The van der Waals surface area contributed by atoms with E-state index in [-0.39, 0.29) is 5.78 Å². The molecule has 0 N–H and O–H groups in total. The van der Waals surface area contributed by atoms with Crippen molar-refractivity contribution in [2.75, 3.05) is 0 Å². The van der Waals surface area contributed by atoms with E-state index in [9.17, 15) is 4.79 Å². The van der Waals surface area contributed by atoms with Crippen molar-refractivity contribution in [2.45, 2.75) is 12.8 Å². The van der Waals surface area contributed by atoms with Crippen molar-refractivity contribution in [2.24, 2.45) is 0 Å². The molecule has 3 nitrogen and oxygen atoms in total. The van der Waals surface area contributed by atoms with Crippen molar-refractivity contribution in [1.82, 2.24) is 9.38 Å². The normalized spacial score (nSPS) is 15.2. The van der Waals surface area contributed by atoms with Gasteiger partial charge in [-0.3, -0.25) is 9.20 Å². The molecule has 0 aliphatic carbocycles. The molecular formula is C10H8N2O. The van der Waals surface area contributed by atoms with Gasteiger partial charge >= 0.3 is 0 Å². The number of hydrogen-bond acceptors (Lipinski definition) is 2. The predicted octanol–water partition coefficient (Wildman–Crippen LogP) is 1.46. The number of imidazole rings is 1. The number of carbonyl (C=O) groups excluding carboxylic acids is 1. The SMILES string of the molecule is O=C1CCc2cnc3cccc1n23. The lowest BCUT2D eigenvalue weighted by atomic mass is 10.1. The third kappa shape index (κ3) is 0.786. The molecule has 0 amide bonds. The summed E-state index contributed by atoms with van der Waals surface area (Å²) in [6, 6.07) is 5.66. The average Bonchev–Trinajstić information content (AvgIpc) is 2.57. The van der Waals surface area contributed by atoms with E-state index in [1.807, 2.05) is 28.8 Å². The highest BCUT2D eigenvalue weighted by Crippen LogP contribution is 2.19. The Bertz CT molecular complexity index is 499. The van der Waals surface area contributed by atoms with Crippen LogP contribution in [0.5, 0.6) is 0 Å². The zero-order valence-corrected chi connectivity index (χ0v) is 7.03. The molecule has 3 heterocycles. The summed E-state index contributed by atoms with van der Waals surface area (Å²) < 4.78 is 1.95. The monoisotopic (exact) mass is 172 g/mol. The Kier molecular flexibility index (Phi) is 1.15. The topological polar surface area (TPSA) is 34.4 Å². The maximum Gasteiger partial charge on any atom is 0.180 e. The highest BCUT2D eigenvalue weighted by molar-refractivity contribution is 5.96. The molecule has 0 aromatic carbocycles. The van der Waals surface area contributed by atoms with Gasteiger partial charge in [0, 0.05) is 18.3 Å². The first-order valence-corrected chi connectivity index (χ1v) is 4.35. The molecule has 64 valence electrons. The van der Waals surface area contributed by atoms with Gasteiger partial charge in [-0.2, -0.15) is 0 Å². The van der Waals surface area contributed by atoms with Crippen molar-refractivity contribution in [3.63, 3.8) is 0 Å². The zero-order chi connectivity index (χ0) is 8.84. The summed E-state index contributed by atoms with van der Waals surface area (Å²) in [7, 11) is 0. The minimum absolute atomic E-state index is 0.219. The van der Waals surface area contributed by atoms with Crippen LogP contribution in [0, 0.1) is 0 Å². The summed E-state index contributed by atoms with van der Waals surface area (Å²) >= 11 is 0. The third-order valence-corrected chi connectivity index (χ3v) is 2.50. The molecule has 1 aliphatic rings. The quantitative estimate of drug-likeness (QED) is 0.603. The maximum absolute atomic E-state index is 11.5. The fourth-order valence-electron chi connectivity index (χ4n) is 1.86. The van der Waals surface area contributed by atoms with E-state index in [0.29, 0.717) is 6.42 Å². The zero-order valence-electron chi connectivity index (χ0n) is 7.03. The van der Waals surface area contributed by atoms with Crippen LogP contribution in [0.2, 0.25) is 0 Å². The van der Waals surface area contributed by atoms with E-state index in [1.165, 1.54) is 0 Å². The van der Waals surface area contributed by atoms with Crippen LogP contribution in [0.15, 0.2) is 24.4 Å². The van der Waals surface area contributed by atoms with E-state index in [4.69, 9.17) is 0 Å². The number of carbonyl (C=O) groups is 1. The number of aryl methyl sites for hydroxylation is 1. The molecule has 1 aliphatic heterocycles. The Balaban J connectivity index is 2.52. The first-order valence-electron chi connectivity index (χ1n) is 4.35. The molecule has 0 bridgehead atoms. The molecule has 0 saturated heterocycles. The second-order valence-corrected chi connectivity index (χ2v) is 3.28. The van der Waals surface area contributed by atoms with Crippen molar-refractivity contribution in [3.05, 3.63) is 35.8 Å². The lowest BCUT2D eigenvalue weighted by Crippen LogP contribution is -2.14. The number of Topliss-reactive ketones (excluding diaryl/α,β-unsaturated/α-hetero) is 1. The molecule has 2 aromatic rings. The Hall–Kier alpha value is -1.64. The van der Waals surface area contributed by atoms with Crippen LogP contribution in [-0.4, -0.2) is 15.2 Å². The average molecular weight is 172 g/mol. The van der Waals surface area contributed by atoms with Crippen LogP contribution in [0.4, 0.5) is 0 Å². The van der Waals surface area contributed by atoms with Crippen LogP contribution >= 0.6 is 0 Å². The fraction of sp³-hybridized carbons (Fsp3) is 0.200. The van der Waals surface area contributed by atoms with Crippen LogP contribution in [0.1, 0.15) is 22.6 Å². The maximum atomic E-state index is 11.5. The summed E-state index contributed by atoms with van der Waals surface area (Å²) in [5.41, 5.74) is 2.79. The van der Waals surface area contributed by atoms with Gasteiger partial charge in [-0.25, -0.2) is 4.98 Å². The molecule has 3 rings (SSSR count). The molecule has 0 saturated carbocycles. The Morgan fingerprint density at radius 1 is 1.31 bits per heavy atom. The molecular weight excluding hydrogens is 164 g/mol. The van der Waals surface area contributed by atoms with Gasteiger partial charge in [-0.1, -0.05) is 6.07 Å². The lowest BCUT2D eigenvalue weighted by molar-refractivity contribution is 0.0970. The van der Waals surface area contributed by atoms with Gasteiger partial charge in [0.2, 0.25) is 0 Å². The fourth-order valence-corrected chi connectivity index (χ4v) is 1.86. The molecule has 3 heteroatoms. The predicted molar refractivity (Wildman–Crippen MR) is 47.8 cm³/mol. The minimum atomic E-state index is 0.219. The van der Waals surface area contributed by atoms with Crippen LogP contribution in [-0.2, 0) is 6.42 Å². The highest BCUT2D eigenvalue weighted by Gasteiger charge is 2.18. The molecule has 0 atom stereocenters. The number of nitrogens with zero attached hydrogens (tertiary/aromatic N) is 2. The second-order valence-electron chi connectivity index (χ2n) is 3.28. The number of aromatic nitrogens is 2. The van der Waals surface area contributed by atoms with E-state index in [0.717, 1.165) is 23.5 Å². The minimum Gasteiger partial charge on any atom is -0.294 e. The highest BCUT2D eigenvalue weighted by atomic mass is 16.1. The van der Waals surface area contributed by atoms with Crippen LogP contribution < -0.4 is 0 Å². The summed E-state index contributed by atoms with van der Waals surface area (Å²) in [6.07, 6.45) is 3.28. The molecule has 2 aromatic heterocycles. The number of pyridine rings is 1. The van der Waals surface area contributed by atoms with Gasteiger partial charge in [0.1, 0.15) is 5.65 Å². The van der Waals surface area contributed by atoms with Gasteiger partial charge in [0.25, 0.3) is 0 Å². The Morgan fingerprint density at radius 2 is 2.23 bits per heavy atom. The lowest BCUT2D eigenvalue weighted by Gasteiger charge is -2.12. The first kappa shape index (κ1) is 6.83. The summed E-state index contributed by atoms with van der Waals surface area (Å²) in [6.45, 7) is 0. The standard InChI is InChI=1S/C10H8N2O/c13-9-5-4-7-6-11-10-3-1-2-8(9)12(7)10/h1-3,6H,4-5H2. The first-order chi connectivity index (χ1) is 6.36. The third-order valence-electron chi connectivity index (χ3n) is 2.50. The molecule has 0 spiro atoms. The van der Waals surface area contributed by atoms with E-state index in [2.05, 4.69) is 4.98 Å². The van der Waals surface area contributed by atoms with E-state index < -0.39 is 0 Å². The van der Waals surface area contributed by atoms with E-state index in [1.54, 1.807) is 0 Å². The van der Waals surface area contributed by atoms with Gasteiger partial charge in [-0.15, -0.1) is 0 Å². The molecule has 0 fully saturated rings. The van der Waals surface area contributed by atoms with Crippen molar-refractivity contribution < 1.29 is 4.79 Å². The number of rotatable bonds is 0. The van der Waals surface area contributed by atoms with Crippen LogP contribution in [0.3, 0.4) is 0 Å². The molecule has 0 unspecified atom stereocenters. The second kappa shape index (κ2) is 2.19. The van der Waals surface area contributed by atoms with Gasteiger partial charge in [-0.05, 0) is 18.6 Å². The Morgan fingerprint density at radius 3 is 3.15 bits per heavy atom. The van der Waals surface area contributed by atoms with Crippen LogP contribution in [0.25, 0.3) is 5.65 Å². The largest absolute Gasteiger partial charge is 0.294 e. The molecule has 0 radical (unpaired) electrons. The van der Waals surface area contributed by atoms with Gasteiger partial charge in [0.15, 0.2) is 5.78 Å². The number of ketones is 1. The summed E-state index contributed by atoms with van der Waals surface area (Å²) in [5, 5.41) is 0. The van der Waals surface area contributed by atoms with Crippen molar-refractivity contribution >= 4 is 11.4 Å². The smallest absolute Gasteiger partial charge is 0.180 e. The number of hydrogen-bond donors (Lipinski definition) is 0. The summed E-state index contributed by atoms with van der Waals surface area (Å²) in [4.78, 5) is 15.8. The van der Waals surface area contributed by atoms with E-state index >= 15 is 0 Å².